The van der Waals surface area contributed by atoms with E-state index in [1.807, 2.05) is 32.0 Å². The maximum Gasteiger partial charge on any atom is 0.328 e. The van der Waals surface area contributed by atoms with Crippen LogP contribution in [0.3, 0.4) is 0 Å². The summed E-state index contributed by atoms with van der Waals surface area (Å²) in [5, 5.41) is 0. The quantitative estimate of drug-likeness (QED) is 0.908. The maximum atomic E-state index is 12.2. The Kier molecular flexibility index (Phi) is 3.41. The summed E-state index contributed by atoms with van der Waals surface area (Å²) in [6.45, 7) is 4.55. The number of methoxy groups -OCH3 is 1. The Bertz CT molecular complexity index is 647. The van der Waals surface area contributed by atoms with Crippen LogP contribution in [0.4, 0.5) is 0 Å². The molecule has 0 aliphatic heterocycles. The summed E-state index contributed by atoms with van der Waals surface area (Å²) >= 11 is 0. The number of aromatic nitrogens is 2. The van der Waals surface area contributed by atoms with E-state index in [1.165, 1.54) is 0 Å². The molecule has 0 unspecified atom stereocenters. The number of imidazole rings is 1. The predicted molar refractivity (Wildman–Crippen MR) is 76.6 cm³/mol. The Hall–Kier alpha value is -1.75. The molecule has 0 bridgehead atoms. The highest BCUT2D eigenvalue weighted by atomic mass is 16.5. The molecular formula is C14H21N3O2. The van der Waals surface area contributed by atoms with Gasteiger partial charge in [-0.25, -0.2) is 4.79 Å². The zero-order chi connectivity index (χ0) is 14.2. The number of ether oxygens (including phenoxy) is 1. The molecular weight excluding hydrogens is 242 g/mol. The van der Waals surface area contributed by atoms with Gasteiger partial charge >= 0.3 is 5.69 Å². The van der Waals surface area contributed by atoms with Gasteiger partial charge in [0, 0.05) is 25.2 Å². The van der Waals surface area contributed by atoms with Gasteiger partial charge in [-0.2, -0.15) is 0 Å². The van der Waals surface area contributed by atoms with Gasteiger partial charge in [-0.1, -0.05) is 0 Å². The fraction of sp³-hybridized carbons (Fsp3) is 0.500. The highest BCUT2D eigenvalue weighted by Crippen LogP contribution is 2.20. The standard InChI is InChI=1S/C14H21N3O2/c1-14(2,15)7-8-17-11-6-5-10(19-4)9-12(11)16(3)13(17)18/h5-6,9H,7-8,15H2,1-4H3. The van der Waals surface area contributed by atoms with Crippen molar-refractivity contribution in [2.75, 3.05) is 7.11 Å². The monoisotopic (exact) mass is 263 g/mol. The average Bonchev–Trinajstić information content (AvgIpc) is 2.58. The van der Waals surface area contributed by atoms with Crippen LogP contribution >= 0.6 is 0 Å². The number of nitrogens with two attached hydrogens (primary N) is 1. The Balaban J connectivity index is 2.50. The fourth-order valence-corrected chi connectivity index (χ4v) is 2.13. The van der Waals surface area contributed by atoms with Crippen molar-refractivity contribution in [1.82, 2.24) is 9.13 Å². The molecule has 2 N–H and O–H groups in total. The van der Waals surface area contributed by atoms with Gasteiger partial charge in [0.25, 0.3) is 0 Å². The van der Waals surface area contributed by atoms with Gasteiger partial charge in [-0.05, 0) is 32.4 Å². The van der Waals surface area contributed by atoms with E-state index in [2.05, 4.69) is 0 Å². The minimum absolute atomic E-state index is 0.0208. The summed E-state index contributed by atoms with van der Waals surface area (Å²) < 4.78 is 8.60. The number of hydrogen-bond acceptors (Lipinski definition) is 3. The van der Waals surface area contributed by atoms with Crippen molar-refractivity contribution in [3.8, 4) is 5.75 Å². The molecule has 1 aromatic carbocycles. The van der Waals surface area contributed by atoms with Gasteiger partial charge in [-0.15, -0.1) is 0 Å². The first-order chi connectivity index (χ1) is 8.83. The summed E-state index contributed by atoms with van der Waals surface area (Å²) in [7, 11) is 3.39. The van der Waals surface area contributed by atoms with Crippen molar-refractivity contribution < 1.29 is 4.74 Å². The van der Waals surface area contributed by atoms with Gasteiger partial charge in [0.1, 0.15) is 5.75 Å². The second-order valence-corrected chi connectivity index (χ2v) is 5.59. The molecule has 0 spiro atoms. The number of nitrogens with zero attached hydrogens (tertiary/aromatic N) is 2. The molecule has 0 aliphatic carbocycles. The molecule has 1 heterocycles. The third-order valence-corrected chi connectivity index (χ3v) is 3.33. The van der Waals surface area contributed by atoms with Crippen LogP contribution in [0.2, 0.25) is 0 Å². The van der Waals surface area contributed by atoms with Crippen molar-refractivity contribution in [1.29, 1.82) is 0 Å². The molecule has 0 saturated carbocycles. The van der Waals surface area contributed by atoms with E-state index in [0.29, 0.717) is 6.54 Å². The van der Waals surface area contributed by atoms with Crippen LogP contribution in [0.25, 0.3) is 11.0 Å². The molecule has 0 atom stereocenters. The lowest BCUT2D eigenvalue weighted by Gasteiger charge is -2.18. The Morgan fingerprint density at radius 3 is 2.58 bits per heavy atom. The Morgan fingerprint density at radius 2 is 2.00 bits per heavy atom. The van der Waals surface area contributed by atoms with Gasteiger partial charge in [0.2, 0.25) is 0 Å². The van der Waals surface area contributed by atoms with Crippen molar-refractivity contribution >= 4 is 11.0 Å². The number of benzene rings is 1. The molecule has 2 aromatic rings. The molecule has 0 aliphatic rings. The van der Waals surface area contributed by atoms with E-state index >= 15 is 0 Å². The van der Waals surface area contributed by atoms with Crippen LogP contribution in [0.5, 0.6) is 5.75 Å². The molecule has 5 nitrogen and oxygen atoms in total. The first kappa shape index (κ1) is 13.7. The molecule has 2 rings (SSSR count). The molecule has 0 saturated heterocycles. The van der Waals surface area contributed by atoms with Gasteiger partial charge in [0.15, 0.2) is 0 Å². The van der Waals surface area contributed by atoms with E-state index in [0.717, 1.165) is 23.2 Å². The lowest BCUT2D eigenvalue weighted by atomic mass is 10.0. The summed E-state index contributed by atoms with van der Waals surface area (Å²) in [5.41, 5.74) is 7.47. The smallest absolute Gasteiger partial charge is 0.328 e. The molecule has 0 fully saturated rings. The van der Waals surface area contributed by atoms with Crippen LogP contribution in [0, 0.1) is 0 Å². The molecule has 0 radical (unpaired) electrons. The van der Waals surface area contributed by atoms with E-state index in [9.17, 15) is 4.79 Å². The molecule has 5 heteroatoms. The zero-order valence-electron chi connectivity index (χ0n) is 11.9. The topological polar surface area (TPSA) is 62.2 Å². The lowest BCUT2D eigenvalue weighted by Crippen LogP contribution is -2.34. The number of rotatable bonds is 4. The highest BCUT2D eigenvalue weighted by Gasteiger charge is 2.15. The Morgan fingerprint density at radius 1 is 1.32 bits per heavy atom. The second-order valence-electron chi connectivity index (χ2n) is 5.59. The van der Waals surface area contributed by atoms with Crippen molar-refractivity contribution in [2.24, 2.45) is 12.8 Å². The predicted octanol–water partition coefficient (Wildman–Crippen LogP) is 1.48. The van der Waals surface area contributed by atoms with Crippen LogP contribution in [0.1, 0.15) is 20.3 Å². The number of aryl methyl sites for hydroxylation is 2. The SMILES string of the molecule is COc1ccc2c(c1)n(C)c(=O)n2CCC(C)(C)N. The molecule has 0 amide bonds. The highest BCUT2D eigenvalue weighted by molar-refractivity contribution is 5.77. The normalized spacial score (nSPS) is 12.1. The number of hydrogen-bond donors (Lipinski definition) is 1. The second kappa shape index (κ2) is 4.74. The minimum atomic E-state index is -0.284. The van der Waals surface area contributed by atoms with E-state index in [-0.39, 0.29) is 11.2 Å². The summed E-state index contributed by atoms with van der Waals surface area (Å²) in [6, 6.07) is 5.66. The van der Waals surface area contributed by atoms with Gasteiger partial charge in [0.05, 0.1) is 18.1 Å². The minimum Gasteiger partial charge on any atom is -0.497 e. The average molecular weight is 263 g/mol. The van der Waals surface area contributed by atoms with E-state index in [1.54, 1.807) is 23.3 Å². The van der Waals surface area contributed by atoms with Crippen LogP contribution < -0.4 is 16.2 Å². The van der Waals surface area contributed by atoms with Crippen molar-refractivity contribution in [2.45, 2.75) is 32.4 Å². The summed E-state index contributed by atoms with van der Waals surface area (Å²) in [4.78, 5) is 12.2. The van der Waals surface area contributed by atoms with E-state index < -0.39 is 0 Å². The third kappa shape index (κ3) is 2.66. The van der Waals surface area contributed by atoms with Gasteiger partial charge in [-0.3, -0.25) is 9.13 Å². The van der Waals surface area contributed by atoms with Gasteiger partial charge < -0.3 is 10.5 Å². The summed E-state index contributed by atoms with van der Waals surface area (Å²) in [6.07, 6.45) is 0.748. The number of fused-ring (bicyclic) bond motifs is 1. The Labute approximate surface area is 112 Å². The van der Waals surface area contributed by atoms with Crippen LogP contribution in [0.15, 0.2) is 23.0 Å². The lowest BCUT2D eigenvalue weighted by molar-refractivity contribution is 0.415. The molecule has 19 heavy (non-hydrogen) atoms. The van der Waals surface area contributed by atoms with Crippen molar-refractivity contribution in [3.05, 3.63) is 28.7 Å². The maximum absolute atomic E-state index is 12.2. The zero-order valence-corrected chi connectivity index (χ0v) is 11.9. The summed E-state index contributed by atoms with van der Waals surface area (Å²) in [5.74, 6) is 0.749. The molecule has 1 aromatic heterocycles. The van der Waals surface area contributed by atoms with E-state index in [4.69, 9.17) is 10.5 Å². The van der Waals surface area contributed by atoms with Crippen LogP contribution in [-0.4, -0.2) is 21.8 Å². The molecule has 104 valence electrons. The third-order valence-electron chi connectivity index (χ3n) is 3.33. The first-order valence-electron chi connectivity index (χ1n) is 6.35. The largest absolute Gasteiger partial charge is 0.497 e. The van der Waals surface area contributed by atoms with Crippen LogP contribution in [-0.2, 0) is 13.6 Å². The first-order valence-corrected chi connectivity index (χ1v) is 6.35. The van der Waals surface area contributed by atoms with Crippen molar-refractivity contribution in [3.63, 3.8) is 0 Å². The fourth-order valence-electron chi connectivity index (χ4n) is 2.13.